The van der Waals surface area contributed by atoms with E-state index in [0.717, 1.165) is 30.6 Å². The molecule has 1 saturated carbocycles. The lowest BCUT2D eigenvalue weighted by Gasteiger charge is -2.32. The Balaban J connectivity index is 1.35. The first-order valence-corrected chi connectivity index (χ1v) is 15.3. The molecule has 4 aliphatic rings. The maximum Gasteiger partial charge on any atom is 0.321 e. The first-order valence-electron chi connectivity index (χ1n) is 15.3. The number of hydrogen-bond donors (Lipinski definition) is 2. The first kappa shape index (κ1) is 29.3. The van der Waals surface area contributed by atoms with Gasteiger partial charge in [-0.15, -0.1) is 10.2 Å². The molecule has 3 fully saturated rings. The predicted octanol–water partition coefficient (Wildman–Crippen LogP) is 3.75. The van der Waals surface area contributed by atoms with E-state index < -0.39 is 23.9 Å². The summed E-state index contributed by atoms with van der Waals surface area (Å²) in [6.07, 6.45) is 2.81. The zero-order valence-electron chi connectivity index (χ0n) is 24.9. The van der Waals surface area contributed by atoms with E-state index >= 15 is 4.39 Å². The number of nitrogens with two attached hydrogens (primary N) is 1. The number of benzene rings is 3. The second kappa shape index (κ2) is 12.1. The van der Waals surface area contributed by atoms with Crippen LogP contribution < -0.4 is 15.5 Å². The van der Waals surface area contributed by atoms with Crippen LogP contribution in [0.3, 0.4) is 0 Å². The molecular weight excluding hydrogens is 589 g/mol. The van der Waals surface area contributed by atoms with Gasteiger partial charge >= 0.3 is 6.03 Å². The van der Waals surface area contributed by atoms with Crippen LogP contribution in [0.5, 0.6) is 0 Å². The topological polar surface area (TPSA) is 154 Å². The second-order valence-corrected chi connectivity index (χ2v) is 12.0. The number of benzodiazepines with no additional fused rings is 1. The van der Waals surface area contributed by atoms with Crippen molar-refractivity contribution in [2.24, 2.45) is 22.6 Å². The summed E-state index contributed by atoms with van der Waals surface area (Å²) in [6, 6.07) is 18.6. The number of nitrogens with one attached hydrogen (secondary N) is 1. The highest BCUT2D eigenvalue weighted by Gasteiger charge is 2.40. The number of nitrogens with zero attached hydrogens (tertiary/aromatic N) is 7. The highest BCUT2D eigenvalue weighted by atomic mass is 19.1. The summed E-state index contributed by atoms with van der Waals surface area (Å²) in [7, 11) is 0. The summed E-state index contributed by atoms with van der Waals surface area (Å²) < 4.78 is 15.4. The fourth-order valence-corrected chi connectivity index (χ4v) is 6.81. The number of para-hydroxylation sites is 1. The molecule has 1 aliphatic carbocycles. The molecule has 46 heavy (non-hydrogen) atoms. The van der Waals surface area contributed by atoms with Gasteiger partial charge in [-0.25, -0.2) is 14.2 Å². The van der Waals surface area contributed by atoms with Gasteiger partial charge in [-0.3, -0.25) is 19.4 Å². The summed E-state index contributed by atoms with van der Waals surface area (Å²) in [5, 5.41) is 14.0. The van der Waals surface area contributed by atoms with Crippen molar-refractivity contribution in [2.75, 3.05) is 29.4 Å². The minimum Gasteiger partial charge on any atom is -0.351 e. The van der Waals surface area contributed by atoms with E-state index in [1.54, 1.807) is 66.7 Å². The third-order valence-corrected chi connectivity index (χ3v) is 9.10. The number of fused-ring (bicyclic) bond motifs is 5. The van der Waals surface area contributed by atoms with Crippen LogP contribution in [0.1, 0.15) is 36.8 Å². The number of amides is 4. The number of carbonyl (C=O) groups excluding carboxylic acids is 3. The highest BCUT2D eigenvalue weighted by molar-refractivity contribution is 6.22. The molecule has 3 aliphatic heterocycles. The van der Waals surface area contributed by atoms with E-state index in [4.69, 9.17) is 10.7 Å². The lowest BCUT2D eigenvalue weighted by molar-refractivity contribution is -0.132. The number of aromatic amines is 1. The van der Waals surface area contributed by atoms with Crippen LogP contribution in [0, 0.1) is 17.7 Å². The largest absolute Gasteiger partial charge is 0.351 e. The highest BCUT2D eigenvalue weighted by Crippen LogP contribution is 2.35. The van der Waals surface area contributed by atoms with Crippen molar-refractivity contribution in [1.29, 1.82) is 0 Å². The number of carbonyl (C=O) groups is 3. The van der Waals surface area contributed by atoms with Crippen molar-refractivity contribution in [3.63, 3.8) is 0 Å². The van der Waals surface area contributed by atoms with E-state index in [2.05, 4.69) is 20.6 Å². The van der Waals surface area contributed by atoms with Crippen LogP contribution >= 0.6 is 0 Å². The molecule has 1 aromatic heterocycles. The Labute approximate surface area is 264 Å². The van der Waals surface area contributed by atoms with Crippen LogP contribution in [-0.4, -0.2) is 74.9 Å². The smallest absolute Gasteiger partial charge is 0.321 e. The van der Waals surface area contributed by atoms with E-state index in [9.17, 15) is 14.4 Å². The third-order valence-electron chi connectivity index (χ3n) is 9.10. The minimum atomic E-state index is -1.58. The fourth-order valence-electron chi connectivity index (χ4n) is 6.81. The molecule has 4 heterocycles. The van der Waals surface area contributed by atoms with Gasteiger partial charge in [0.05, 0.1) is 11.4 Å². The number of aliphatic imine (C=N–C) groups is 1. The molecule has 1 atom stereocenters. The zero-order chi connectivity index (χ0) is 31.8. The zero-order valence-corrected chi connectivity index (χ0v) is 24.9. The van der Waals surface area contributed by atoms with E-state index in [-0.39, 0.29) is 35.2 Å². The van der Waals surface area contributed by atoms with Gasteiger partial charge < -0.3 is 10.6 Å². The monoisotopic (exact) mass is 621 g/mol. The molecule has 1 unspecified atom stereocenters. The Morgan fingerprint density at radius 3 is 2.30 bits per heavy atom. The average molecular weight is 622 g/mol. The van der Waals surface area contributed by atoms with Crippen LogP contribution in [0.15, 0.2) is 77.8 Å². The predicted molar refractivity (Wildman–Crippen MR) is 168 cm³/mol. The number of hydrogen-bond acceptors (Lipinski definition) is 7. The summed E-state index contributed by atoms with van der Waals surface area (Å²) in [6.45, 7) is 1.02. The number of rotatable bonds is 6. The first-order chi connectivity index (χ1) is 22.4. The molecule has 3 aromatic carbocycles. The average Bonchev–Trinajstić information content (AvgIpc) is 3.39. The SMILES string of the molecule is NC(=O)N(c1cccc(-c2nn[nH]n2)c1)C1N=C(c2ccccc2F)c2ccccc2N(CC(=O)N2CC3CCC(CC3)C2)C1=O. The van der Waals surface area contributed by atoms with Crippen molar-refractivity contribution < 1.29 is 18.8 Å². The molecule has 4 amide bonds. The molecule has 8 rings (SSSR count). The minimum absolute atomic E-state index is 0.134. The van der Waals surface area contributed by atoms with Crippen LogP contribution in [-0.2, 0) is 9.59 Å². The molecule has 4 aromatic rings. The Morgan fingerprint density at radius 1 is 0.935 bits per heavy atom. The number of tetrazole rings is 1. The third kappa shape index (κ3) is 5.48. The van der Waals surface area contributed by atoms with Gasteiger partial charge in [0.25, 0.3) is 5.91 Å². The van der Waals surface area contributed by atoms with Crippen molar-refractivity contribution >= 4 is 34.9 Å². The summed E-state index contributed by atoms with van der Waals surface area (Å²) in [5.74, 6) is -0.268. The Hall–Kier alpha value is -5.46. The standard InChI is InChI=1S/C33H32FN9O3/c34-26-10-3-1-8-24(26)29-25-9-2-4-11-27(25)42(19-28(44)41-17-20-12-13-21(18-41)15-14-20)32(45)31(36-29)43(33(35)46)23-7-5-6-22(16-23)30-37-39-40-38-30/h1-11,16,20-21,31H,12-15,17-19H2,(H2,35,46)(H,37,38,39,40). The molecular formula is C33H32FN9O3. The quantitative estimate of drug-likeness (QED) is 0.334. The van der Waals surface area contributed by atoms with Crippen molar-refractivity contribution in [3.05, 3.63) is 89.7 Å². The van der Waals surface area contributed by atoms with Crippen molar-refractivity contribution in [3.8, 4) is 11.4 Å². The van der Waals surface area contributed by atoms with Crippen molar-refractivity contribution in [1.82, 2.24) is 25.5 Å². The number of H-pyrrole nitrogens is 1. The van der Waals surface area contributed by atoms with E-state index in [1.165, 1.54) is 11.0 Å². The van der Waals surface area contributed by atoms with Gasteiger partial charge in [-0.05, 0) is 73.1 Å². The number of anilines is 2. The van der Waals surface area contributed by atoms with E-state index in [0.29, 0.717) is 41.7 Å². The summed E-state index contributed by atoms with van der Waals surface area (Å²) in [5.41, 5.74) is 7.80. The lowest BCUT2D eigenvalue weighted by Crippen LogP contribution is -2.54. The number of urea groups is 1. The molecule has 0 spiro atoms. The van der Waals surface area contributed by atoms with Gasteiger partial charge in [0, 0.05) is 35.5 Å². The Kier molecular flexibility index (Phi) is 7.73. The molecule has 2 saturated heterocycles. The van der Waals surface area contributed by atoms with Crippen LogP contribution in [0.4, 0.5) is 20.6 Å². The maximum atomic E-state index is 15.4. The Bertz CT molecular complexity index is 1810. The maximum absolute atomic E-state index is 15.4. The van der Waals surface area contributed by atoms with Crippen LogP contribution in [0.2, 0.25) is 0 Å². The van der Waals surface area contributed by atoms with Crippen LogP contribution in [0.25, 0.3) is 11.4 Å². The van der Waals surface area contributed by atoms with Gasteiger partial charge in [0.2, 0.25) is 17.9 Å². The molecule has 2 bridgehead atoms. The molecule has 13 heteroatoms. The second-order valence-electron chi connectivity index (χ2n) is 12.0. The number of aromatic nitrogens is 4. The van der Waals surface area contributed by atoms with Crippen molar-refractivity contribution in [2.45, 2.75) is 31.8 Å². The fraction of sp³-hybridized carbons (Fsp3) is 0.303. The van der Waals surface area contributed by atoms with Gasteiger partial charge in [-0.1, -0.05) is 42.5 Å². The lowest BCUT2D eigenvalue weighted by atomic mass is 9.84. The molecule has 234 valence electrons. The molecule has 3 N–H and O–H groups in total. The summed E-state index contributed by atoms with van der Waals surface area (Å²) in [4.78, 5) is 50.9. The molecule has 12 nitrogen and oxygen atoms in total. The number of halogens is 1. The Morgan fingerprint density at radius 2 is 1.63 bits per heavy atom. The van der Waals surface area contributed by atoms with Gasteiger partial charge in [0.15, 0.2) is 0 Å². The normalized spacial score (nSPS) is 20.8. The summed E-state index contributed by atoms with van der Waals surface area (Å²) >= 11 is 0. The van der Waals surface area contributed by atoms with Gasteiger partial charge in [-0.2, -0.15) is 5.21 Å². The number of primary amides is 1. The molecule has 0 radical (unpaired) electrons. The van der Waals surface area contributed by atoms with Gasteiger partial charge in [0.1, 0.15) is 12.4 Å². The van der Waals surface area contributed by atoms with E-state index in [1.807, 2.05) is 4.90 Å².